The standard InChI is InChI=1S/C12H21N3O/c1-10-12(11(2)16-14-10)4-3-7-15-8-5-13-6-9-15/h13H,3-9H2,1-2H3. The molecule has 1 aromatic heterocycles. The molecule has 0 aliphatic carbocycles. The molecule has 1 aliphatic rings. The summed E-state index contributed by atoms with van der Waals surface area (Å²) in [5, 5.41) is 7.35. The molecule has 1 N–H and O–H groups in total. The predicted molar refractivity (Wildman–Crippen MR) is 63.6 cm³/mol. The average molecular weight is 223 g/mol. The first-order valence-corrected chi connectivity index (χ1v) is 6.12. The maximum absolute atomic E-state index is 5.16. The highest BCUT2D eigenvalue weighted by molar-refractivity contribution is 5.20. The number of rotatable bonds is 4. The Hall–Kier alpha value is -0.870. The molecule has 1 fully saturated rings. The minimum atomic E-state index is 0.984. The third-order valence-electron chi connectivity index (χ3n) is 3.29. The van der Waals surface area contributed by atoms with E-state index in [4.69, 9.17) is 4.52 Å². The molecular weight excluding hydrogens is 202 g/mol. The van der Waals surface area contributed by atoms with Crippen molar-refractivity contribution >= 4 is 0 Å². The molecule has 0 amide bonds. The second-order valence-electron chi connectivity index (χ2n) is 4.50. The van der Waals surface area contributed by atoms with Crippen molar-refractivity contribution in [1.29, 1.82) is 0 Å². The minimum absolute atomic E-state index is 0.984. The van der Waals surface area contributed by atoms with Crippen LogP contribution in [0.2, 0.25) is 0 Å². The highest BCUT2D eigenvalue weighted by atomic mass is 16.5. The van der Waals surface area contributed by atoms with E-state index < -0.39 is 0 Å². The smallest absolute Gasteiger partial charge is 0.137 e. The first-order chi connectivity index (χ1) is 7.77. The summed E-state index contributed by atoms with van der Waals surface area (Å²) >= 11 is 0. The van der Waals surface area contributed by atoms with Gasteiger partial charge in [-0.1, -0.05) is 5.16 Å². The third kappa shape index (κ3) is 2.83. The quantitative estimate of drug-likeness (QED) is 0.831. The summed E-state index contributed by atoms with van der Waals surface area (Å²) < 4.78 is 5.16. The topological polar surface area (TPSA) is 41.3 Å². The largest absolute Gasteiger partial charge is 0.361 e. The van der Waals surface area contributed by atoms with Crippen LogP contribution in [0.4, 0.5) is 0 Å². The Morgan fingerprint density at radius 1 is 1.31 bits per heavy atom. The molecule has 0 aromatic carbocycles. The molecule has 1 saturated heterocycles. The molecule has 0 saturated carbocycles. The molecular formula is C12H21N3O. The molecule has 1 aliphatic heterocycles. The van der Waals surface area contributed by atoms with Crippen LogP contribution >= 0.6 is 0 Å². The Morgan fingerprint density at radius 2 is 2.06 bits per heavy atom. The van der Waals surface area contributed by atoms with Crippen LogP contribution in [-0.4, -0.2) is 42.8 Å². The maximum atomic E-state index is 5.16. The summed E-state index contributed by atoms with van der Waals surface area (Å²) in [5.74, 6) is 0.984. The summed E-state index contributed by atoms with van der Waals surface area (Å²) in [6.07, 6.45) is 2.29. The number of nitrogens with zero attached hydrogens (tertiary/aromatic N) is 2. The van der Waals surface area contributed by atoms with Gasteiger partial charge in [-0.15, -0.1) is 0 Å². The van der Waals surface area contributed by atoms with E-state index in [9.17, 15) is 0 Å². The van der Waals surface area contributed by atoms with Gasteiger partial charge in [-0.25, -0.2) is 0 Å². The molecule has 16 heavy (non-hydrogen) atoms. The molecule has 0 radical (unpaired) electrons. The van der Waals surface area contributed by atoms with E-state index in [1.165, 1.54) is 31.6 Å². The highest BCUT2D eigenvalue weighted by Crippen LogP contribution is 2.14. The number of aromatic nitrogens is 1. The van der Waals surface area contributed by atoms with Crippen molar-refractivity contribution in [3.05, 3.63) is 17.0 Å². The Labute approximate surface area is 97.0 Å². The van der Waals surface area contributed by atoms with Gasteiger partial charge in [0, 0.05) is 31.7 Å². The van der Waals surface area contributed by atoms with Crippen LogP contribution in [0.1, 0.15) is 23.4 Å². The fraction of sp³-hybridized carbons (Fsp3) is 0.750. The van der Waals surface area contributed by atoms with Gasteiger partial charge in [-0.2, -0.15) is 0 Å². The van der Waals surface area contributed by atoms with Crippen molar-refractivity contribution in [2.24, 2.45) is 0 Å². The van der Waals surface area contributed by atoms with E-state index in [1.54, 1.807) is 0 Å². The van der Waals surface area contributed by atoms with Crippen LogP contribution in [0.3, 0.4) is 0 Å². The third-order valence-corrected chi connectivity index (χ3v) is 3.29. The van der Waals surface area contributed by atoms with Gasteiger partial charge in [0.15, 0.2) is 0 Å². The Bertz CT molecular complexity index is 310. The van der Waals surface area contributed by atoms with Crippen LogP contribution in [0.25, 0.3) is 0 Å². The number of aryl methyl sites for hydroxylation is 2. The van der Waals surface area contributed by atoms with Crippen molar-refractivity contribution in [1.82, 2.24) is 15.4 Å². The molecule has 2 rings (SSSR count). The Kier molecular flexibility index (Phi) is 3.96. The van der Waals surface area contributed by atoms with Crippen LogP contribution < -0.4 is 5.32 Å². The average Bonchev–Trinajstić information content (AvgIpc) is 2.62. The first-order valence-electron chi connectivity index (χ1n) is 6.12. The number of hydrogen-bond donors (Lipinski definition) is 1. The van der Waals surface area contributed by atoms with Crippen LogP contribution in [0.15, 0.2) is 4.52 Å². The van der Waals surface area contributed by atoms with Crippen molar-refractivity contribution in [3.63, 3.8) is 0 Å². The van der Waals surface area contributed by atoms with Gasteiger partial charge in [-0.3, -0.25) is 0 Å². The van der Waals surface area contributed by atoms with Crippen LogP contribution in [-0.2, 0) is 6.42 Å². The van der Waals surface area contributed by atoms with E-state index in [-0.39, 0.29) is 0 Å². The summed E-state index contributed by atoms with van der Waals surface area (Å²) in [6.45, 7) is 9.84. The van der Waals surface area contributed by atoms with Gasteiger partial charge >= 0.3 is 0 Å². The van der Waals surface area contributed by atoms with Gasteiger partial charge < -0.3 is 14.7 Å². The summed E-state index contributed by atoms with van der Waals surface area (Å²) in [7, 11) is 0. The van der Waals surface area contributed by atoms with Gasteiger partial charge in [0.2, 0.25) is 0 Å². The number of piperazine rings is 1. The van der Waals surface area contributed by atoms with E-state index in [0.29, 0.717) is 0 Å². The zero-order valence-corrected chi connectivity index (χ0v) is 10.3. The van der Waals surface area contributed by atoms with E-state index >= 15 is 0 Å². The van der Waals surface area contributed by atoms with Crippen molar-refractivity contribution in [3.8, 4) is 0 Å². The molecule has 0 bridgehead atoms. The minimum Gasteiger partial charge on any atom is -0.361 e. The van der Waals surface area contributed by atoms with Crippen LogP contribution in [0.5, 0.6) is 0 Å². The molecule has 4 heteroatoms. The monoisotopic (exact) mass is 223 g/mol. The lowest BCUT2D eigenvalue weighted by molar-refractivity contribution is 0.238. The number of nitrogens with one attached hydrogen (secondary N) is 1. The summed E-state index contributed by atoms with van der Waals surface area (Å²) in [5.41, 5.74) is 2.35. The van der Waals surface area contributed by atoms with Gasteiger partial charge in [-0.05, 0) is 33.2 Å². The lowest BCUT2D eigenvalue weighted by Crippen LogP contribution is -2.43. The molecule has 2 heterocycles. The first kappa shape index (κ1) is 11.6. The SMILES string of the molecule is Cc1noc(C)c1CCCN1CCNCC1. The van der Waals surface area contributed by atoms with Gasteiger partial charge in [0.05, 0.1) is 5.69 Å². The Balaban J connectivity index is 1.75. The molecule has 4 nitrogen and oxygen atoms in total. The van der Waals surface area contributed by atoms with Crippen LogP contribution in [0, 0.1) is 13.8 Å². The fourth-order valence-corrected chi connectivity index (χ4v) is 2.27. The van der Waals surface area contributed by atoms with Gasteiger partial charge in [0.1, 0.15) is 5.76 Å². The van der Waals surface area contributed by atoms with E-state index in [1.807, 2.05) is 13.8 Å². The molecule has 1 aromatic rings. The highest BCUT2D eigenvalue weighted by Gasteiger charge is 2.11. The van der Waals surface area contributed by atoms with Gasteiger partial charge in [0.25, 0.3) is 0 Å². The maximum Gasteiger partial charge on any atom is 0.137 e. The molecule has 0 spiro atoms. The lowest BCUT2D eigenvalue weighted by Gasteiger charge is -2.26. The molecule has 0 unspecified atom stereocenters. The predicted octanol–water partition coefficient (Wildman–Crippen LogP) is 1.13. The lowest BCUT2D eigenvalue weighted by atomic mass is 10.1. The summed E-state index contributed by atoms with van der Waals surface area (Å²) in [6, 6.07) is 0. The zero-order chi connectivity index (χ0) is 11.4. The Morgan fingerprint density at radius 3 is 2.69 bits per heavy atom. The molecule has 0 atom stereocenters. The summed E-state index contributed by atoms with van der Waals surface area (Å²) in [4.78, 5) is 2.52. The van der Waals surface area contributed by atoms with Crippen molar-refractivity contribution in [2.75, 3.05) is 32.7 Å². The molecule has 90 valence electrons. The van der Waals surface area contributed by atoms with Crippen molar-refractivity contribution < 1.29 is 4.52 Å². The van der Waals surface area contributed by atoms with E-state index in [2.05, 4.69) is 15.4 Å². The van der Waals surface area contributed by atoms with E-state index in [0.717, 1.165) is 31.0 Å². The second kappa shape index (κ2) is 5.46. The van der Waals surface area contributed by atoms with Crippen molar-refractivity contribution in [2.45, 2.75) is 26.7 Å². The normalized spacial score (nSPS) is 17.9. The fourth-order valence-electron chi connectivity index (χ4n) is 2.27. The zero-order valence-electron chi connectivity index (χ0n) is 10.3. The number of hydrogen-bond acceptors (Lipinski definition) is 4. The second-order valence-corrected chi connectivity index (χ2v) is 4.50.